The SMILES string of the molecule is CCc1nc(N(C)c2ccccc2OC)sc1C=O. The summed E-state index contributed by atoms with van der Waals surface area (Å²) in [6.45, 7) is 1.99. The van der Waals surface area contributed by atoms with Gasteiger partial charge in [-0.3, -0.25) is 4.79 Å². The summed E-state index contributed by atoms with van der Waals surface area (Å²) < 4.78 is 5.34. The Kier molecular flexibility index (Phi) is 4.16. The van der Waals surface area contributed by atoms with Crippen molar-refractivity contribution < 1.29 is 9.53 Å². The van der Waals surface area contributed by atoms with Gasteiger partial charge in [0.2, 0.25) is 0 Å². The molecular formula is C14H16N2O2S. The number of carbonyl (C=O) groups excluding carboxylic acids is 1. The predicted molar refractivity (Wildman–Crippen MR) is 77.9 cm³/mol. The molecule has 0 amide bonds. The van der Waals surface area contributed by atoms with Gasteiger partial charge in [-0.1, -0.05) is 30.4 Å². The van der Waals surface area contributed by atoms with Gasteiger partial charge in [-0.05, 0) is 18.6 Å². The number of nitrogens with zero attached hydrogens (tertiary/aromatic N) is 2. The van der Waals surface area contributed by atoms with E-state index in [1.165, 1.54) is 11.3 Å². The maximum Gasteiger partial charge on any atom is 0.190 e. The minimum atomic E-state index is 0.694. The molecule has 0 aliphatic heterocycles. The molecule has 1 aromatic carbocycles. The molecule has 0 N–H and O–H groups in total. The number of methoxy groups -OCH3 is 1. The highest BCUT2D eigenvalue weighted by atomic mass is 32.1. The molecule has 100 valence electrons. The fourth-order valence-corrected chi connectivity index (χ4v) is 2.79. The van der Waals surface area contributed by atoms with Crippen molar-refractivity contribution in [2.75, 3.05) is 19.1 Å². The molecule has 0 radical (unpaired) electrons. The minimum absolute atomic E-state index is 0.694. The van der Waals surface area contributed by atoms with Crippen molar-refractivity contribution in [3.05, 3.63) is 34.8 Å². The van der Waals surface area contributed by atoms with Crippen LogP contribution in [0.25, 0.3) is 0 Å². The third-order valence-corrected chi connectivity index (χ3v) is 3.99. The van der Waals surface area contributed by atoms with Crippen molar-refractivity contribution in [1.82, 2.24) is 4.98 Å². The molecule has 2 rings (SSSR count). The maximum absolute atomic E-state index is 11.0. The van der Waals surface area contributed by atoms with E-state index in [-0.39, 0.29) is 0 Å². The zero-order valence-electron chi connectivity index (χ0n) is 11.2. The van der Waals surface area contributed by atoms with E-state index in [0.29, 0.717) is 4.88 Å². The van der Waals surface area contributed by atoms with Crippen LogP contribution in [0.5, 0.6) is 5.75 Å². The molecule has 0 aliphatic rings. The van der Waals surface area contributed by atoms with E-state index in [0.717, 1.165) is 35.0 Å². The van der Waals surface area contributed by atoms with Crippen molar-refractivity contribution in [2.24, 2.45) is 0 Å². The van der Waals surface area contributed by atoms with Crippen LogP contribution in [0.15, 0.2) is 24.3 Å². The monoisotopic (exact) mass is 276 g/mol. The predicted octanol–water partition coefficient (Wildman–Crippen LogP) is 3.29. The molecule has 0 fully saturated rings. The molecule has 0 spiro atoms. The van der Waals surface area contributed by atoms with Crippen LogP contribution in [0, 0.1) is 0 Å². The zero-order chi connectivity index (χ0) is 13.8. The van der Waals surface area contributed by atoms with Crippen LogP contribution >= 0.6 is 11.3 Å². The van der Waals surface area contributed by atoms with Crippen molar-refractivity contribution in [3.63, 3.8) is 0 Å². The number of hydrogen-bond acceptors (Lipinski definition) is 5. The van der Waals surface area contributed by atoms with Gasteiger partial charge in [0, 0.05) is 7.05 Å². The van der Waals surface area contributed by atoms with Crippen LogP contribution in [0.3, 0.4) is 0 Å². The minimum Gasteiger partial charge on any atom is -0.495 e. The number of carbonyl (C=O) groups is 1. The fourth-order valence-electron chi connectivity index (χ4n) is 1.85. The van der Waals surface area contributed by atoms with E-state index in [2.05, 4.69) is 4.98 Å². The Morgan fingerprint density at radius 3 is 2.74 bits per heavy atom. The fraction of sp³-hybridized carbons (Fsp3) is 0.286. The van der Waals surface area contributed by atoms with E-state index in [1.54, 1.807) is 7.11 Å². The number of benzene rings is 1. The van der Waals surface area contributed by atoms with E-state index in [4.69, 9.17) is 4.74 Å². The average molecular weight is 276 g/mol. The molecule has 4 nitrogen and oxygen atoms in total. The Morgan fingerprint density at radius 1 is 1.42 bits per heavy atom. The molecule has 5 heteroatoms. The van der Waals surface area contributed by atoms with Crippen LogP contribution in [0.4, 0.5) is 10.8 Å². The van der Waals surface area contributed by atoms with Crippen molar-refractivity contribution in [2.45, 2.75) is 13.3 Å². The van der Waals surface area contributed by atoms with Crippen LogP contribution in [0.1, 0.15) is 22.3 Å². The lowest BCUT2D eigenvalue weighted by Crippen LogP contribution is -2.10. The molecule has 0 bridgehead atoms. The van der Waals surface area contributed by atoms with Gasteiger partial charge in [0.15, 0.2) is 11.4 Å². The normalized spacial score (nSPS) is 10.3. The van der Waals surface area contributed by atoms with Gasteiger partial charge in [-0.2, -0.15) is 0 Å². The number of rotatable bonds is 5. The lowest BCUT2D eigenvalue weighted by molar-refractivity contribution is 0.112. The first-order chi connectivity index (χ1) is 9.21. The van der Waals surface area contributed by atoms with E-state index >= 15 is 0 Å². The van der Waals surface area contributed by atoms with Crippen molar-refractivity contribution in [1.29, 1.82) is 0 Å². The largest absolute Gasteiger partial charge is 0.495 e. The number of ether oxygens (including phenoxy) is 1. The van der Waals surface area contributed by atoms with E-state index < -0.39 is 0 Å². The zero-order valence-corrected chi connectivity index (χ0v) is 12.0. The molecule has 1 aromatic heterocycles. The van der Waals surface area contributed by atoms with Crippen molar-refractivity contribution in [3.8, 4) is 5.75 Å². The van der Waals surface area contributed by atoms with Gasteiger partial charge in [0.1, 0.15) is 5.75 Å². The first-order valence-corrected chi connectivity index (χ1v) is 6.84. The molecule has 19 heavy (non-hydrogen) atoms. The summed E-state index contributed by atoms with van der Waals surface area (Å²) in [6, 6.07) is 7.74. The molecule has 0 atom stereocenters. The highest BCUT2D eigenvalue weighted by Crippen LogP contribution is 2.35. The van der Waals surface area contributed by atoms with Gasteiger partial charge in [0.05, 0.1) is 23.4 Å². The quantitative estimate of drug-likeness (QED) is 0.786. The third-order valence-electron chi connectivity index (χ3n) is 2.89. The molecular weight excluding hydrogens is 260 g/mol. The number of hydrogen-bond donors (Lipinski definition) is 0. The summed E-state index contributed by atoms with van der Waals surface area (Å²) in [7, 11) is 3.56. The van der Waals surface area contributed by atoms with Gasteiger partial charge in [-0.15, -0.1) is 0 Å². The summed E-state index contributed by atoms with van der Waals surface area (Å²) in [5.74, 6) is 0.783. The Morgan fingerprint density at radius 2 is 2.16 bits per heavy atom. The second-order valence-electron chi connectivity index (χ2n) is 4.01. The van der Waals surface area contributed by atoms with Crippen LogP contribution in [-0.2, 0) is 6.42 Å². The lowest BCUT2D eigenvalue weighted by atomic mass is 10.3. The Labute approximate surface area is 116 Å². The van der Waals surface area contributed by atoms with Crippen LogP contribution in [-0.4, -0.2) is 25.4 Å². The first-order valence-electron chi connectivity index (χ1n) is 6.02. The molecule has 2 aromatic rings. The number of thiazole rings is 1. The Hall–Kier alpha value is -1.88. The summed E-state index contributed by atoms with van der Waals surface area (Å²) in [6.07, 6.45) is 1.63. The Bertz CT molecular complexity index is 581. The maximum atomic E-state index is 11.0. The molecule has 1 heterocycles. The highest BCUT2D eigenvalue weighted by molar-refractivity contribution is 7.17. The molecule has 0 aliphatic carbocycles. The second kappa shape index (κ2) is 5.84. The summed E-state index contributed by atoms with van der Waals surface area (Å²) in [5.41, 5.74) is 1.77. The number of aldehydes is 1. The Balaban J connectivity index is 2.40. The molecule has 0 saturated heterocycles. The number of para-hydroxylation sites is 2. The molecule has 0 saturated carbocycles. The smallest absolute Gasteiger partial charge is 0.190 e. The highest BCUT2D eigenvalue weighted by Gasteiger charge is 2.15. The van der Waals surface area contributed by atoms with Gasteiger partial charge >= 0.3 is 0 Å². The van der Waals surface area contributed by atoms with Crippen LogP contribution in [0.2, 0.25) is 0 Å². The average Bonchev–Trinajstić information content (AvgIpc) is 2.89. The topological polar surface area (TPSA) is 42.4 Å². The number of anilines is 2. The number of aromatic nitrogens is 1. The van der Waals surface area contributed by atoms with E-state index in [1.807, 2.05) is 43.1 Å². The first kappa shape index (κ1) is 13.5. The summed E-state index contributed by atoms with van der Waals surface area (Å²) in [4.78, 5) is 18.2. The van der Waals surface area contributed by atoms with Crippen molar-refractivity contribution >= 4 is 28.4 Å². The molecule has 0 unspecified atom stereocenters. The van der Waals surface area contributed by atoms with E-state index in [9.17, 15) is 4.79 Å². The van der Waals surface area contributed by atoms with Crippen LogP contribution < -0.4 is 9.64 Å². The lowest BCUT2D eigenvalue weighted by Gasteiger charge is -2.18. The summed E-state index contributed by atoms with van der Waals surface area (Å²) in [5, 5.41) is 0.795. The third kappa shape index (κ3) is 2.61. The second-order valence-corrected chi connectivity index (χ2v) is 5.02. The van der Waals surface area contributed by atoms with Gasteiger partial charge in [-0.25, -0.2) is 4.98 Å². The van der Waals surface area contributed by atoms with Gasteiger partial charge < -0.3 is 9.64 Å². The number of aryl methyl sites for hydroxylation is 1. The standard InChI is InChI=1S/C14H16N2O2S/c1-4-10-13(9-17)19-14(15-10)16(2)11-7-5-6-8-12(11)18-3/h5-9H,4H2,1-3H3. The summed E-state index contributed by atoms with van der Waals surface area (Å²) >= 11 is 1.40. The van der Waals surface area contributed by atoms with Gasteiger partial charge in [0.25, 0.3) is 0 Å².